The van der Waals surface area contributed by atoms with Crippen LogP contribution in [0.3, 0.4) is 0 Å². The highest BCUT2D eigenvalue weighted by atomic mass is 35.5. The number of esters is 1. The predicted octanol–water partition coefficient (Wildman–Crippen LogP) is 5.61. The third-order valence-corrected chi connectivity index (χ3v) is 7.19. The first-order valence-electron chi connectivity index (χ1n) is 11.4. The Balaban J connectivity index is 1.89. The number of amides is 1. The number of carbonyl (C=O) groups is 3. The minimum absolute atomic E-state index is 0.0370. The van der Waals surface area contributed by atoms with E-state index in [2.05, 4.69) is 4.98 Å². The van der Waals surface area contributed by atoms with Crippen LogP contribution in [0.1, 0.15) is 51.9 Å². The average molecular weight is 541 g/mol. The number of aromatic nitrogens is 1. The maximum absolute atomic E-state index is 13.4. The topological polar surface area (TPSA) is 106 Å². The van der Waals surface area contributed by atoms with E-state index in [1.54, 1.807) is 49.4 Å². The molecule has 8 nitrogen and oxygen atoms in total. The van der Waals surface area contributed by atoms with E-state index in [1.165, 1.54) is 12.0 Å². The SMILES string of the molecule is COC(=O)c1sc(N2C(=O)C(=O)C(=C(O)c3ccc(OC(C)C)c(C)c3)[C@H]2c2ccc(Cl)cc2)nc1C. The lowest BCUT2D eigenvalue weighted by Gasteiger charge is -2.23. The summed E-state index contributed by atoms with van der Waals surface area (Å²) in [5, 5.41) is 12.0. The van der Waals surface area contributed by atoms with Crippen LogP contribution in [0.15, 0.2) is 48.0 Å². The summed E-state index contributed by atoms with van der Waals surface area (Å²) in [7, 11) is 1.25. The Kier molecular flexibility index (Phi) is 7.38. The molecule has 4 rings (SSSR count). The van der Waals surface area contributed by atoms with Crippen LogP contribution in [0.2, 0.25) is 5.02 Å². The minimum atomic E-state index is -1.000. The van der Waals surface area contributed by atoms with E-state index >= 15 is 0 Å². The zero-order valence-electron chi connectivity index (χ0n) is 20.9. The molecule has 2 heterocycles. The molecule has 1 aromatic heterocycles. The smallest absolute Gasteiger partial charge is 0.350 e. The van der Waals surface area contributed by atoms with Gasteiger partial charge in [-0.1, -0.05) is 35.1 Å². The quantitative estimate of drug-likeness (QED) is 0.187. The lowest BCUT2D eigenvalue weighted by atomic mass is 9.95. The highest BCUT2D eigenvalue weighted by Gasteiger charge is 2.48. The summed E-state index contributed by atoms with van der Waals surface area (Å²) in [5.74, 6) is -2.02. The summed E-state index contributed by atoms with van der Waals surface area (Å²) in [6.07, 6.45) is -0.0370. The van der Waals surface area contributed by atoms with Crippen LogP contribution >= 0.6 is 22.9 Å². The molecule has 37 heavy (non-hydrogen) atoms. The summed E-state index contributed by atoms with van der Waals surface area (Å²) in [5.41, 5.74) is 1.91. The van der Waals surface area contributed by atoms with Crippen molar-refractivity contribution in [2.45, 2.75) is 39.8 Å². The van der Waals surface area contributed by atoms with E-state index in [-0.39, 0.29) is 27.4 Å². The Morgan fingerprint density at radius 2 is 1.81 bits per heavy atom. The number of ketones is 1. The van der Waals surface area contributed by atoms with Gasteiger partial charge in [0.2, 0.25) is 0 Å². The van der Waals surface area contributed by atoms with E-state index in [0.29, 0.717) is 27.6 Å². The number of aliphatic hydroxyl groups excluding tert-OH is 1. The second kappa shape index (κ2) is 10.4. The fourth-order valence-corrected chi connectivity index (χ4v) is 5.23. The normalized spacial score (nSPS) is 16.9. The number of rotatable bonds is 6. The fraction of sp³-hybridized carbons (Fsp3) is 0.259. The Bertz CT molecular complexity index is 1430. The van der Waals surface area contributed by atoms with Crippen molar-refractivity contribution < 1.29 is 29.0 Å². The molecule has 1 saturated heterocycles. The monoisotopic (exact) mass is 540 g/mol. The summed E-state index contributed by atoms with van der Waals surface area (Å²) in [4.78, 5) is 44.7. The van der Waals surface area contributed by atoms with Crippen molar-refractivity contribution >= 4 is 51.5 Å². The van der Waals surface area contributed by atoms with Gasteiger partial charge < -0.3 is 14.6 Å². The Morgan fingerprint density at radius 1 is 1.14 bits per heavy atom. The van der Waals surface area contributed by atoms with E-state index in [1.807, 2.05) is 20.8 Å². The predicted molar refractivity (Wildman–Crippen MR) is 141 cm³/mol. The molecule has 0 bridgehead atoms. The zero-order chi connectivity index (χ0) is 27.0. The Hall–Kier alpha value is -3.69. The van der Waals surface area contributed by atoms with Crippen molar-refractivity contribution in [1.82, 2.24) is 4.98 Å². The molecule has 1 atom stereocenters. The maximum Gasteiger partial charge on any atom is 0.350 e. The van der Waals surface area contributed by atoms with Crippen LogP contribution in [-0.2, 0) is 14.3 Å². The molecule has 1 aliphatic heterocycles. The molecule has 3 aromatic rings. The fourth-order valence-electron chi connectivity index (χ4n) is 4.10. The van der Waals surface area contributed by atoms with Gasteiger partial charge in [-0.25, -0.2) is 9.78 Å². The minimum Gasteiger partial charge on any atom is -0.507 e. The van der Waals surface area contributed by atoms with E-state index in [0.717, 1.165) is 16.9 Å². The molecular weight excluding hydrogens is 516 g/mol. The molecule has 1 aliphatic rings. The van der Waals surface area contributed by atoms with Crippen molar-refractivity contribution in [3.63, 3.8) is 0 Å². The molecule has 1 amide bonds. The largest absolute Gasteiger partial charge is 0.507 e. The molecule has 2 aromatic carbocycles. The molecule has 192 valence electrons. The van der Waals surface area contributed by atoms with E-state index in [4.69, 9.17) is 21.1 Å². The summed E-state index contributed by atoms with van der Waals surface area (Å²) in [6.45, 7) is 7.26. The first-order valence-corrected chi connectivity index (χ1v) is 12.6. The number of aliphatic hydroxyl groups is 1. The molecule has 10 heteroatoms. The summed E-state index contributed by atoms with van der Waals surface area (Å²) in [6, 6.07) is 10.7. The third-order valence-electron chi connectivity index (χ3n) is 5.80. The van der Waals surface area contributed by atoms with Crippen molar-refractivity contribution in [3.8, 4) is 5.75 Å². The first kappa shape index (κ1) is 26.4. The Labute approximate surface area is 223 Å². The van der Waals surface area contributed by atoms with Gasteiger partial charge in [-0.3, -0.25) is 14.5 Å². The van der Waals surface area contributed by atoms with Gasteiger partial charge >= 0.3 is 11.9 Å². The number of hydrogen-bond donors (Lipinski definition) is 1. The molecule has 0 aliphatic carbocycles. The lowest BCUT2D eigenvalue weighted by molar-refractivity contribution is -0.132. The first-order chi connectivity index (χ1) is 17.5. The van der Waals surface area contributed by atoms with Crippen LogP contribution in [0.4, 0.5) is 5.13 Å². The Morgan fingerprint density at radius 3 is 2.41 bits per heavy atom. The maximum atomic E-state index is 13.4. The van der Waals surface area contributed by atoms with Crippen molar-refractivity contribution in [3.05, 3.63) is 80.3 Å². The number of Topliss-reactive ketones (excluding diaryl/α,β-unsaturated/α-hetero) is 1. The van der Waals surface area contributed by atoms with Gasteiger partial charge in [0.15, 0.2) is 5.13 Å². The molecule has 1 fully saturated rings. The van der Waals surface area contributed by atoms with E-state index in [9.17, 15) is 19.5 Å². The van der Waals surface area contributed by atoms with Gasteiger partial charge in [0.25, 0.3) is 5.78 Å². The number of ether oxygens (including phenoxy) is 2. The number of thiazole rings is 1. The number of hydrogen-bond acceptors (Lipinski definition) is 8. The second-order valence-electron chi connectivity index (χ2n) is 8.77. The number of anilines is 1. The lowest BCUT2D eigenvalue weighted by Crippen LogP contribution is -2.29. The number of carbonyl (C=O) groups excluding carboxylic acids is 3. The molecule has 1 N–H and O–H groups in total. The van der Waals surface area contributed by atoms with Gasteiger partial charge in [0.1, 0.15) is 16.4 Å². The molecule has 0 saturated carbocycles. The average Bonchev–Trinajstić information content (AvgIpc) is 3.36. The number of benzene rings is 2. The highest BCUT2D eigenvalue weighted by Crippen LogP contribution is 2.44. The van der Waals surface area contributed by atoms with Gasteiger partial charge in [-0.15, -0.1) is 0 Å². The molecular formula is C27H25ClN2O6S. The van der Waals surface area contributed by atoms with Crippen molar-refractivity contribution in [2.24, 2.45) is 0 Å². The number of aryl methyl sites for hydroxylation is 2. The number of nitrogens with zero attached hydrogens (tertiary/aromatic N) is 2. The van der Waals surface area contributed by atoms with Crippen LogP contribution in [0.5, 0.6) is 5.75 Å². The van der Waals surface area contributed by atoms with Gasteiger partial charge in [-0.2, -0.15) is 0 Å². The number of halogens is 1. The zero-order valence-corrected chi connectivity index (χ0v) is 22.4. The summed E-state index contributed by atoms with van der Waals surface area (Å²) >= 11 is 7.02. The van der Waals surface area contributed by atoms with Crippen molar-refractivity contribution in [1.29, 1.82) is 0 Å². The third kappa shape index (κ3) is 4.97. The van der Waals surface area contributed by atoms with Gasteiger partial charge in [-0.05, 0) is 69.2 Å². The molecule has 0 radical (unpaired) electrons. The number of methoxy groups -OCH3 is 1. The van der Waals surface area contributed by atoms with Crippen LogP contribution in [0, 0.1) is 13.8 Å². The van der Waals surface area contributed by atoms with Crippen LogP contribution in [-0.4, -0.2) is 41.0 Å². The highest BCUT2D eigenvalue weighted by molar-refractivity contribution is 7.17. The van der Waals surface area contributed by atoms with Crippen LogP contribution in [0.25, 0.3) is 5.76 Å². The van der Waals surface area contributed by atoms with E-state index < -0.39 is 23.7 Å². The van der Waals surface area contributed by atoms with Gasteiger partial charge in [0.05, 0.1) is 30.5 Å². The second-order valence-corrected chi connectivity index (χ2v) is 10.2. The molecule has 0 spiro atoms. The van der Waals surface area contributed by atoms with Crippen LogP contribution < -0.4 is 9.64 Å². The molecule has 0 unspecified atom stereocenters. The summed E-state index contributed by atoms with van der Waals surface area (Å²) < 4.78 is 10.6. The van der Waals surface area contributed by atoms with Crippen molar-refractivity contribution in [2.75, 3.05) is 12.0 Å². The standard InChI is InChI=1S/C27H25ClN2O6S/c1-13(2)36-19-11-8-17(12-14(19)3)22(31)20-21(16-6-9-18(28)10-7-16)30(25(33)23(20)32)27-29-15(4)24(37-27)26(34)35-5/h6-13,21,31H,1-5H3/t21-/m1/s1. The van der Waals surface area contributed by atoms with Gasteiger partial charge in [0, 0.05) is 10.6 Å².